The van der Waals surface area contributed by atoms with Crippen molar-refractivity contribution in [1.82, 2.24) is 20.8 Å². The molecule has 2 amide bonds. The van der Waals surface area contributed by atoms with E-state index in [4.69, 9.17) is 4.74 Å². The van der Waals surface area contributed by atoms with Gasteiger partial charge >= 0.3 is 6.18 Å². The zero-order valence-electron chi connectivity index (χ0n) is 23.9. The fourth-order valence-corrected chi connectivity index (χ4v) is 5.09. The van der Waals surface area contributed by atoms with E-state index in [2.05, 4.69) is 31.5 Å². The minimum absolute atomic E-state index is 0.0444. The number of hydrogen-bond acceptors (Lipinski definition) is 8. The molecule has 0 atom stereocenters. The predicted molar refractivity (Wildman–Crippen MR) is 157 cm³/mol. The molecule has 0 spiro atoms. The third-order valence-corrected chi connectivity index (χ3v) is 7.22. The predicted octanol–water partition coefficient (Wildman–Crippen LogP) is 5.05. The van der Waals surface area contributed by atoms with Gasteiger partial charge in [0, 0.05) is 42.6 Å². The van der Waals surface area contributed by atoms with Crippen LogP contribution in [0.1, 0.15) is 52.4 Å². The van der Waals surface area contributed by atoms with Gasteiger partial charge in [-0.05, 0) is 74.8 Å². The Balaban J connectivity index is 1.39. The van der Waals surface area contributed by atoms with Crippen LogP contribution in [0.25, 0.3) is 5.70 Å². The smallest absolute Gasteiger partial charge is 0.416 e. The number of nitrogens with zero attached hydrogens (tertiary/aromatic N) is 3. The summed E-state index contributed by atoms with van der Waals surface area (Å²) in [4.78, 5) is 31.0. The number of pyridine rings is 1. The summed E-state index contributed by atoms with van der Waals surface area (Å²) in [6, 6.07) is 10.5. The molecule has 3 aromatic rings. The van der Waals surface area contributed by atoms with E-state index in [1.165, 1.54) is 14.0 Å². The van der Waals surface area contributed by atoms with E-state index in [0.717, 1.165) is 49.2 Å². The van der Waals surface area contributed by atoms with Crippen LogP contribution >= 0.6 is 0 Å². The number of likely N-dealkylation sites (tertiary alicyclic amines) is 1. The van der Waals surface area contributed by atoms with Crippen LogP contribution in [0.3, 0.4) is 0 Å². The molecule has 10 nitrogen and oxygen atoms in total. The number of benzene rings is 2. The van der Waals surface area contributed by atoms with E-state index in [1.807, 2.05) is 6.92 Å². The summed E-state index contributed by atoms with van der Waals surface area (Å²) in [6.45, 7) is 5.15. The van der Waals surface area contributed by atoms with Crippen molar-refractivity contribution in [1.29, 1.82) is 0 Å². The van der Waals surface area contributed by atoms with Crippen LogP contribution in [0.5, 0.6) is 5.75 Å². The number of carbonyl (C=O) groups excluding carboxylic acids is 2. The van der Waals surface area contributed by atoms with Gasteiger partial charge in [-0.3, -0.25) is 19.5 Å². The average molecular weight is 596 g/mol. The van der Waals surface area contributed by atoms with E-state index < -0.39 is 17.6 Å². The van der Waals surface area contributed by atoms with Crippen molar-refractivity contribution in [3.05, 3.63) is 82.7 Å². The number of hydrogen-bond donors (Lipinski definition) is 4. The first-order chi connectivity index (χ1) is 20.5. The Bertz CT molecular complexity index is 1550. The van der Waals surface area contributed by atoms with Crippen molar-refractivity contribution >= 4 is 34.7 Å². The first kappa shape index (κ1) is 29.9. The first-order valence-corrected chi connectivity index (χ1v) is 13.7. The second kappa shape index (κ2) is 12.3. The van der Waals surface area contributed by atoms with Gasteiger partial charge < -0.3 is 20.8 Å². The summed E-state index contributed by atoms with van der Waals surface area (Å²) in [5, 5.41) is 6.95. The van der Waals surface area contributed by atoms with Crippen LogP contribution in [-0.4, -0.2) is 41.9 Å². The van der Waals surface area contributed by atoms with E-state index in [9.17, 15) is 22.8 Å². The molecular weight excluding hydrogens is 563 g/mol. The van der Waals surface area contributed by atoms with Crippen molar-refractivity contribution in [2.75, 3.05) is 35.8 Å². The summed E-state index contributed by atoms with van der Waals surface area (Å²) in [6.07, 6.45) is 0.758. The molecule has 226 valence electrons. The van der Waals surface area contributed by atoms with Gasteiger partial charge in [-0.25, -0.2) is 4.98 Å². The number of amides is 2. The van der Waals surface area contributed by atoms with Gasteiger partial charge in [0.25, 0.3) is 5.91 Å². The number of halogens is 3. The lowest BCUT2D eigenvalue weighted by Gasteiger charge is -2.22. The zero-order chi connectivity index (χ0) is 30.7. The average Bonchev–Trinajstić information content (AvgIpc) is 3.66. The second-order valence-electron chi connectivity index (χ2n) is 10.4. The van der Waals surface area contributed by atoms with E-state index in [1.54, 1.807) is 47.7 Å². The Kier molecular flexibility index (Phi) is 8.55. The van der Waals surface area contributed by atoms with Crippen LogP contribution in [0, 0.1) is 6.92 Å². The molecule has 43 heavy (non-hydrogen) atoms. The molecule has 0 radical (unpaired) electrons. The molecule has 1 fully saturated rings. The number of alkyl halides is 3. The largest absolute Gasteiger partial charge is 0.494 e. The number of aromatic nitrogens is 1. The van der Waals surface area contributed by atoms with Crippen molar-refractivity contribution in [2.24, 2.45) is 0 Å². The fourth-order valence-electron chi connectivity index (χ4n) is 5.09. The minimum atomic E-state index is -4.60. The number of carbonyl (C=O) groups is 2. The Morgan fingerprint density at radius 2 is 1.84 bits per heavy atom. The van der Waals surface area contributed by atoms with Crippen molar-refractivity contribution in [3.63, 3.8) is 0 Å². The number of rotatable bonds is 8. The highest BCUT2D eigenvalue weighted by molar-refractivity contribution is 6.06. The summed E-state index contributed by atoms with van der Waals surface area (Å²) < 4.78 is 47.0. The molecule has 13 heteroatoms. The molecule has 1 aromatic heterocycles. The maximum absolute atomic E-state index is 13.8. The number of anilines is 3. The molecule has 3 heterocycles. The zero-order valence-corrected chi connectivity index (χ0v) is 23.9. The molecular formula is C30H32F3N7O3. The maximum atomic E-state index is 13.8. The topological polar surface area (TPSA) is 111 Å². The first-order valence-electron chi connectivity index (χ1n) is 13.7. The number of aryl methyl sites for hydroxylation is 1. The molecule has 2 aliphatic heterocycles. The van der Waals surface area contributed by atoms with Gasteiger partial charge in [-0.15, -0.1) is 5.53 Å². The summed E-state index contributed by atoms with van der Waals surface area (Å²) >= 11 is 0. The van der Waals surface area contributed by atoms with Crippen LogP contribution in [0.4, 0.5) is 30.4 Å². The normalized spacial score (nSPS) is 15.2. The lowest BCUT2D eigenvalue weighted by molar-refractivity contribution is -0.137. The molecule has 4 N–H and O–H groups in total. The SMILES string of the molecule is COc1c(CN2CCCC2)cc(C(F)(F)F)cc1NC(=O)c1ccc(C)c(N2C=C(c3ccc(NC(C)=O)nc3)NN2)c1. The van der Waals surface area contributed by atoms with Gasteiger partial charge in [0.15, 0.2) is 0 Å². The van der Waals surface area contributed by atoms with Gasteiger partial charge in [0.1, 0.15) is 11.6 Å². The third kappa shape index (κ3) is 6.89. The van der Waals surface area contributed by atoms with Crippen LogP contribution in [-0.2, 0) is 17.5 Å². The Morgan fingerprint density at radius 1 is 1.07 bits per heavy atom. The van der Waals surface area contributed by atoms with Gasteiger partial charge in [-0.2, -0.15) is 13.2 Å². The molecule has 2 aromatic carbocycles. The van der Waals surface area contributed by atoms with Crippen molar-refractivity contribution < 1.29 is 27.5 Å². The third-order valence-electron chi connectivity index (χ3n) is 7.22. The van der Waals surface area contributed by atoms with Crippen LogP contribution < -0.4 is 31.3 Å². The van der Waals surface area contributed by atoms with Gasteiger partial charge in [-0.1, -0.05) is 6.07 Å². The highest BCUT2D eigenvalue weighted by Gasteiger charge is 2.33. The standard InChI is InChI=1S/C30H32F3N7O3/c1-18-6-7-20(13-26(18)40-17-25(37-38-40)21-8-9-27(34-15-21)35-19(2)41)29(42)36-24-14-23(30(31,32)33)12-22(28(24)43-3)16-39-10-4-5-11-39/h6-9,12-15,17,37-38H,4-5,10-11,16H2,1-3H3,(H,36,42)(H,34,35,41). The molecule has 2 aliphatic rings. The maximum Gasteiger partial charge on any atom is 0.416 e. The molecule has 0 bridgehead atoms. The lowest BCUT2D eigenvalue weighted by Crippen LogP contribution is -2.36. The number of methoxy groups -OCH3 is 1. The Hall–Kier alpha value is -4.62. The highest BCUT2D eigenvalue weighted by atomic mass is 19.4. The summed E-state index contributed by atoms with van der Waals surface area (Å²) in [5.41, 5.74) is 8.70. The Labute approximate surface area is 246 Å². The number of nitrogens with one attached hydrogen (secondary N) is 4. The molecule has 0 aliphatic carbocycles. The molecule has 5 rings (SSSR count). The minimum Gasteiger partial charge on any atom is -0.494 e. The van der Waals surface area contributed by atoms with Crippen molar-refractivity contribution in [3.8, 4) is 5.75 Å². The number of ether oxygens (including phenoxy) is 1. The van der Waals surface area contributed by atoms with Crippen molar-refractivity contribution in [2.45, 2.75) is 39.4 Å². The highest BCUT2D eigenvalue weighted by Crippen LogP contribution is 2.39. The second-order valence-corrected chi connectivity index (χ2v) is 10.4. The van der Waals surface area contributed by atoms with Gasteiger partial charge in [0.05, 0.1) is 29.7 Å². The summed E-state index contributed by atoms with van der Waals surface area (Å²) in [5.74, 6) is -0.175. The van der Waals surface area contributed by atoms with E-state index >= 15 is 0 Å². The Morgan fingerprint density at radius 3 is 2.49 bits per heavy atom. The van der Waals surface area contributed by atoms with Gasteiger partial charge in [0.2, 0.25) is 5.91 Å². The summed E-state index contributed by atoms with van der Waals surface area (Å²) in [7, 11) is 1.38. The molecule has 0 saturated carbocycles. The molecule has 1 saturated heterocycles. The quantitative estimate of drug-likeness (QED) is 0.287. The van der Waals surface area contributed by atoms with E-state index in [-0.39, 0.29) is 22.9 Å². The monoisotopic (exact) mass is 595 g/mol. The van der Waals surface area contributed by atoms with E-state index in [0.29, 0.717) is 29.3 Å². The molecule has 0 unspecified atom stereocenters. The fraction of sp³-hybridized carbons (Fsp3) is 0.300. The van der Waals surface area contributed by atoms with Crippen LogP contribution in [0.2, 0.25) is 0 Å². The number of hydrazine groups is 2. The van der Waals surface area contributed by atoms with Crippen LogP contribution in [0.15, 0.2) is 54.9 Å². The lowest BCUT2D eigenvalue weighted by atomic mass is 10.1.